The highest BCUT2D eigenvalue weighted by Crippen LogP contribution is 2.24. The molecule has 0 aliphatic heterocycles. The van der Waals surface area contributed by atoms with Crippen molar-refractivity contribution in [1.82, 2.24) is 0 Å². The first-order valence-corrected chi connectivity index (χ1v) is 8.83. The summed E-state index contributed by atoms with van der Waals surface area (Å²) in [5.41, 5.74) is 1.95. The average Bonchev–Trinajstić information content (AvgIpc) is 2.73. The van der Waals surface area contributed by atoms with Crippen molar-refractivity contribution in [2.24, 2.45) is 0 Å². The SMILES string of the molecule is O=C(/C=C/c1ccc(OCc2ccccc2)cc1)Nc1ccc(C(=O)O)cc1O. The highest BCUT2D eigenvalue weighted by molar-refractivity contribution is 6.03. The predicted molar refractivity (Wildman–Crippen MR) is 110 cm³/mol. The number of ether oxygens (including phenoxy) is 1. The third-order valence-corrected chi connectivity index (χ3v) is 4.06. The van der Waals surface area contributed by atoms with E-state index in [0.717, 1.165) is 22.9 Å². The Morgan fingerprint density at radius 2 is 1.69 bits per heavy atom. The molecule has 3 N–H and O–H groups in total. The molecule has 146 valence electrons. The highest BCUT2D eigenvalue weighted by atomic mass is 16.5. The summed E-state index contributed by atoms with van der Waals surface area (Å²) < 4.78 is 5.72. The summed E-state index contributed by atoms with van der Waals surface area (Å²) >= 11 is 0. The van der Waals surface area contributed by atoms with Gasteiger partial charge in [0.2, 0.25) is 5.91 Å². The lowest BCUT2D eigenvalue weighted by Gasteiger charge is -2.07. The van der Waals surface area contributed by atoms with Gasteiger partial charge in [0.05, 0.1) is 11.3 Å². The summed E-state index contributed by atoms with van der Waals surface area (Å²) in [6.07, 6.45) is 2.95. The minimum Gasteiger partial charge on any atom is -0.506 e. The molecule has 0 aliphatic carbocycles. The zero-order valence-electron chi connectivity index (χ0n) is 15.4. The van der Waals surface area contributed by atoms with Crippen LogP contribution in [0.1, 0.15) is 21.5 Å². The third kappa shape index (κ3) is 5.71. The fourth-order valence-corrected chi connectivity index (χ4v) is 2.53. The Hall–Kier alpha value is -4.06. The van der Waals surface area contributed by atoms with Crippen LogP contribution in [0, 0.1) is 0 Å². The van der Waals surface area contributed by atoms with Crippen molar-refractivity contribution < 1.29 is 24.5 Å². The number of carboxylic acid groups (broad SMARTS) is 1. The number of amides is 1. The number of carbonyl (C=O) groups excluding carboxylic acids is 1. The van der Waals surface area contributed by atoms with Crippen LogP contribution in [0.2, 0.25) is 0 Å². The minimum absolute atomic E-state index is 0.0642. The molecular formula is C23H19NO5. The van der Waals surface area contributed by atoms with Gasteiger partial charge in [-0.3, -0.25) is 4.79 Å². The molecule has 0 bridgehead atoms. The Kier molecular flexibility index (Phi) is 6.27. The van der Waals surface area contributed by atoms with Crippen molar-refractivity contribution in [2.75, 3.05) is 5.32 Å². The van der Waals surface area contributed by atoms with Crippen LogP contribution in [0.3, 0.4) is 0 Å². The first-order chi connectivity index (χ1) is 14.0. The standard InChI is InChI=1S/C23H19NO5/c25-21-14-18(23(27)28)9-12-20(21)24-22(26)13-8-16-6-10-19(11-7-16)29-15-17-4-2-1-3-5-17/h1-14,25H,15H2,(H,24,26)(H,27,28)/b13-8+. The van der Waals surface area contributed by atoms with E-state index in [-0.39, 0.29) is 17.0 Å². The monoisotopic (exact) mass is 389 g/mol. The molecule has 0 fully saturated rings. The summed E-state index contributed by atoms with van der Waals surface area (Å²) in [5.74, 6) is -1.20. The molecule has 1 amide bonds. The topological polar surface area (TPSA) is 95.9 Å². The molecule has 0 radical (unpaired) electrons. The van der Waals surface area contributed by atoms with Crippen LogP contribution in [0.25, 0.3) is 6.08 Å². The fraction of sp³-hybridized carbons (Fsp3) is 0.0435. The van der Waals surface area contributed by atoms with Crippen LogP contribution >= 0.6 is 0 Å². The van der Waals surface area contributed by atoms with Gasteiger partial charge in [0, 0.05) is 6.08 Å². The highest BCUT2D eigenvalue weighted by Gasteiger charge is 2.09. The van der Waals surface area contributed by atoms with E-state index < -0.39 is 11.9 Å². The smallest absolute Gasteiger partial charge is 0.335 e. The van der Waals surface area contributed by atoms with Gasteiger partial charge in [-0.05, 0) is 47.5 Å². The fourth-order valence-electron chi connectivity index (χ4n) is 2.53. The number of hydrogen-bond acceptors (Lipinski definition) is 4. The summed E-state index contributed by atoms with van der Waals surface area (Å²) in [7, 11) is 0. The number of aromatic hydroxyl groups is 1. The summed E-state index contributed by atoms with van der Waals surface area (Å²) in [4.78, 5) is 22.9. The van der Waals surface area contributed by atoms with E-state index in [0.29, 0.717) is 6.61 Å². The molecule has 6 nitrogen and oxygen atoms in total. The molecule has 3 aromatic carbocycles. The molecule has 6 heteroatoms. The minimum atomic E-state index is -1.16. The first-order valence-electron chi connectivity index (χ1n) is 8.83. The van der Waals surface area contributed by atoms with Crippen molar-refractivity contribution in [3.8, 4) is 11.5 Å². The number of phenols is 1. The van der Waals surface area contributed by atoms with Crippen LogP contribution < -0.4 is 10.1 Å². The van der Waals surface area contributed by atoms with Crippen molar-refractivity contribution in [1.29, 1.82) is 0 Å². The molecule has 0 aromatic heterocycles. The van der Waals surface area contributed by atoms with Crippen LogP contribution in [0.15, 0.2) is 78.9 Å². The number of phenolic OH excluding ortho intramolecular Hbond substituents is 1. The summed E-state index contributed by atoms with van der Waals surface area (Å²) in [5, 5.41) is 21.2. The Bertz CT molecular complexity index is 1030. The Labute approximate surface area is 167 Å². The van der Waals surface area contributed by atoms with Crippen molar-refractivity contribution in [2.45, 2.75) is 6.61 Å². The van der Waals surface area contributed by atoms with E-state index >= 15 is 0 Å². The number of rotatable bonds is 7. The van der Waals surface area contributed by atoms with E-state index in [2.05, 4.69) is 5.32 Å². The van der Waals surface area contributed by atoms with E-state index in [1.165, 1.54) is 18.2 Å². The van der Waals surface area contributed by atoms with Crippen LogP contribution in [-0.2, 0) is 11.4 Å². The number of anilines is 1. The normalized spacial score (nSPS) is 10.6. The second-order valence-electron chi connectivity index (χ2n) is 6.20. The molecule has 3 rings (SSSR count). The lowest BCUT2D eigenvalue weighted by molar-refractivity contribution is -0.111. The van der Waals surface area contributed by atoms with Crippen LogP contribution in [0.4, 0.5) is 5.69 Å². The van der Waals surface area contributed by atoms with E-state index in [4.69, 9.17) is 9.84 Å². The molecule has 0 aliphatic rings. The van der Waals surface area contributed by atoms with Crippen LogP contribution in [-0.4, -0.2) is 22.1 Å². The van der Waals surface area contributed by atoms with Crippen LogP contribution in [0.5, 0.6) is 11.5 Å². The predicted octanol–water partition coefficient (Wildman–Crippen LogP) is 4.32. The van der Waals surface area contributed by atoms with Crippen molar-refractivity contribution in [3.05, 3.63) is 95.6 Å². The van der Waals surface area contributed by atoms with E-state index in [9.17, 15) is 14.7 Å². The molecule has 0 unspecified atom stereocenters. The van der Waals surface area contributed by atoms with Gasteiger partial charge in [-0.2, -0.15) is 0 Å². The van der Waals surface area contributed by atoms with Gasteiger partial charge in [-0.1, -0.05) is 42.5 Å². The number of aromatic carboxylic acids is 1. The summed E-state index contributed by atoms with van der Waals surface area (Å²) in [6, 6.07) is 20.8. The van der Waals surface area contributed by atoms with Gasteiger partial charge in [0.1, 0.15) is 18.1 Å². The maximum atomic E-state index is 12.0. The maximum Gasteiger partial charge on any atom is 0.335 e. The number of nitrogens with one attached hydrogen (secondary N) is 1. The lowest BCUT2D eigenvalue weighted by atomic mass is 10.2. The lowest BCUT2D eigenvalue weighted by Crippen LogP contribution is -2.08. The zero-order chi connectivity index (χ0) is 20.6. The number of carboxylic acids is 1. The van der Waals surface area contributed by atoms with Crippen molar-refractivity contribution in [3.63, 3.8) is 0 Å². The quantitative estimate of drug-likeness (QED) is 0.413. The second kappa shape index (κ2) is 9.23. The Balaban J connectivity index is 1.55. The first kappa shape index (κ1) is 19.7. The second-order valence-corrected chi connectivity index (χ2v) is 6.20. The van der Waals surface area contributed by atoms with E-state index in [1.807, 2.05) is 54.6 Å². The van der Waals surface area contributed by atoms with Gasteiger partial charge < -0.3 is 20.3 Å². The van der Waals surface area contributed by atoms with Gasteiger partial charge in [0.15, 0.2) is 0 Å². The molecule has 0 saturated heterocycles. The molecule has 0 atom stereocenters. The molecule has 0 heterocycles. The average molecular weight is 389 g/mol. The summed E-state index contributed by atoms with van der Waals surface area (Å²) in [6.45, 7) is 0.475. The Morgan fingerprint density at radius 1 is 0.966 bits per heavy atom. The van der Waals surface area contributed by atoms with Gasteiger partial charge >= 0.3 is 5.97 Å². The largest absolute Gasteiger partial charge is 0.506 e. The maximum absolute atomic E-state index is 12.0. The number of carbonyl (C=O) groups is 2. The molecular weight excluding hydrogens is 370 g/mol. The number of benzene rings is 3. The Morgan fingerprint density at radius 3 is 2.34 bits per heavy atom. The van der Waals surface area contributed by atoms with Gasteiger partial charge in [0.25, 0.3) is 0 Å². The number of hydrogen-bond donors (Lipinski definition) is 3. The van der Waals surface area contributed by atoms with E-state index in [1.54, 1.807) is 6.08 Å². The third-order valence-electron chi connectivity index (χ3n) is 4.06. The van der Waals surface area contributed by atoms with Gasteiger partial charge in [-0.25, -0.2) is 4.79 Å². The zero-order valence-corrected chi connectivity index (χ0v) is 15.4. The molecule has 0 spiro atoms. The molecule has 3 aromatic rings. The van der Waals surface area contributed by atoms with Crippen molar-refractivity contribution >= 4 is 23.6 Å². The molecule has 29 heavy (non-hydrogen) atoms. The van der Waals surface area contributed by atoms with Gasteiger partial charge in [-0.15, -0.1) is 0 Å². The molecule has 0 saturated carbocycles.